The maximum atomic E-state index is 12.9. The van der Waals surface area contributed by atoms with E-state index in [4.69, 9.17) is 0 Å². The minimum absolute atomic E-state index is 0.0903. The maximum absolute atomic E-state index is 12.9. The predicted octanol–water partition coefficient (Wildman–Crippen LogP) is 2.67. The third-order valence-corrected chi connectivity index (χ3v) is 4.33. The number of benzene rings is 1. The van der Waals surface area contributed by atoms with E-state index < -0.39 is 0 Å². The smallest absolute Gasteiger partial charge is 0.239 e. The van der Waals surface area contributed by atoms with E-state index in [1.54, 1.807) is 17.0 Å². The van der Waals surface area contributed by atoms with Gasteiger partial charge in [-0.3, -0.25) is 9.59 Å². The molecular weight excluding hydrogens is 295 g/mol. The van der Waals surface area contributed by atoms with Gasteiger partial charge in [-0.15, -0.1) is 0 Å². The minimum atomic E-state index is -0.274. The number of halogens is 1. The molecule has 0 heterocycles. The third kappa shape index (κ3) is 6.00. The van der Waals surface area contributed by atoms with Gasteiger partial charge in [0.1, 0.15) is 5.82 Å². The lowest BCUT2D eigenvalue weighted by Crippen LogP contribution is -2.44. The molecule has 1 fully saturated rings. The second-order valence-corrected chi connectivity index (χ2v) is 6.22. The molecule has 2 rings (SSSR count). The van der Waals surface area contributed by atoms with Crippen molar-refractivity contribution in [3.63, 3.8) is 0 Å². The molecule has 1 saturated carbocycles. The molecule has 0 saturated heterocycles. The fourth-order valence-electron chi connectivity index (χ4n) is 2.96. The first-order valence-electron chi connectivity index (χ1n) is 8.34. The van der Waals surface area contributed by atoms with Crippen LogP contribution in [0.15, 0.2) is 24.3 Å². The molecule has 0 atom stereocenters. The molecule has 1 N–H and O–H groups in total. The van der Waals surface area contributed by atoms with E-state index in [9.17, 15) is 14.0 Å². The summed E-state index contributed by atoms with van der Waals surface area (Å²) in [6.07, 6.45) is 6.22. The Balaban J connectivity index is 1.81. The average Bonchev–Trinajstić information content (AvgIpc) is 2.53. The van der Waals surface area contributed by atoms with Crippen molar-refractivity contribution < 1.29 is 14.0 Å². The molecular formula is C18H25FN2O2. The van der Waals surface area contributed by atoms with Crippen LogP contribution < -0.4 is 5.32 Å². The highest BCUT2D eigenvalue weighted by Gasteiger charge is 2.18. The number of rotatable bonds is 6. The lowest BCUT2D eigenvalue weighted by atomic mass is 9.95. The number of hydrogen-bond acceptors (Lipinski definition) is 2. The number of amides is 2. The molecule has 2 amide bonds. The van der Waals surface area contributed by atoms with Gasteiger partial charge in [-0.25, -0.2) is 4.39 Å². The minimum Gasteiger partial charge on any atom is -0.352 e. The molecule has 5 heteroatoms. The standard InChI is InChI=1S/C18H25FN2O2/c1-14(22)21(12-11-15-7-9-16(19)10-8-15)13-18(23)20-17-5-3-2-4-6-17/h7-10,17H,2-6,11-13H2,1H3,(H,20,23). The average molecular weight is 320 g/mol. The highest BCUT2D eigenvalue weighted by Crippen LogP contribution is 2.17. The Kier molecular flexibility index (Phi) is 6.56. The molecule has 1 aliphatic rings. The van der Waals surface area contributed by atoms with Gasteiger partial charge in [-0.1, -0.05) is 31.4 Å². The summed E-state index contributed by atoms with van der Waals surface area (Å²) in [6.45, 7) is 2.02. The van der Waals surface area contributed by atoms with Gasteiger partial charge in [0.15, 0.2) is 0 Å². The van der Waals surface area contributed by atoms with Crippen molar-refractivity contribution in [3.8, 4) is 0 Å². The van der Waals surface area contributed by atoms with Crippen LogP contribution in [-0.4, -0.2) is 35.8 Å². The van der Waals surface area contributed by atoms with Crippen molar-refractivity contribution in [2.45, 2.75) is 51.5 Å². The van der Waals surface area contributed by atoms with E-state index in [2.05, 4.69) is 5.32 Å². The SMILES string of the molecule is CC(=O)N(CCc1ccc(F)cc1)CC(=O)NC1CCCCC1. The summed E-state index contributed by atoms with van der Waals surface area (Å²) in [5.74, 6) is -0.485. The van der Waals surface area contributed by atoms with Crippen LogP contribution in [0.5, 0.6) is 0 Å². The van der Waals surface area contributed by atoms with Crippen molar-refractivity contribution in [3.05, 3.63) is 35.6 Å². The molecule has 23 heavy (non-hydrogen) atoms. The molecule has 1 aliphatic carbocycles. The number of hydrogen-bond donors (Lipinski definition) is 1. The number of carbonyl (C=O) groups is 2. The van der Waals surface area contributed by atoms with Gasteiger partial charge in [0.25, 0.3) is 0 Å². The Bertz CT molecular complexity index is 524. The quantitative estimate of drug-likeness (QED) is 0.876. The topological polar surface area (TPSA) is 49.4 Å². The van der Waals surface area contributed by atoms with Gasteiger partial charge in [0.2, 0.25) is 11.8 Å². The summed E-state index contributed by atoms with van der Waals surface area (Å²) in [6, 6.07) is 6.47. The Hall–Kier alpha value is -1.91. The third-order valence-electron chi connectivity index (χ3n) is 4.33. The first kappa shape index (κ1) is 17.4. The van der Waals surface area contributed by atoms with Crippen LogP contribution in [0.4, 0.5) is 4.39 Å². The van der Waals surface area contributed by atoms with Crippen LogP contribution in [0, 0.1) is 5.82 Å². The van der Waals surface area contributed by atoms with Gasteiger partial charge in [0, 0.05) is 19.5 Å². The molecule has 126 valence electrons. The molecule has 1 aromatic carbocycles. The van der Waals surface area contributed by atoms with E-state index in [0.29, 0.717) is 13.0 Å². The largest absolute Gasteiger partial charge is 0.352 e. The Morgan fingerprint density at radius 3 is 2.43 bits per heavy atom. The Labute approximate surface area is 137 Å². The zero-order valence-corrected chi connectivity index (χ0v) is 13.7. The monoisotopic (exact) mass is 320 g/mol. The van der Waals surface area contributed by atoms with Crippen LogP contribution in [-0.2, 0) is 16.0 Å². The Morgan fingerprint density at radius 1 is 1.17 bits per heavy atom. The zero-order valence-electron chi connectivity index (χ0n) is 13.7. The summed E-state index contributed by atoms with van der Waals surface area (Å²) in [5.41, 5.74) is 0.949. The van der Waals surface area contributed by atoms with Crippen LogP contribution in [0.2, 0.25) is 0 Å². The van der Waals surface area contributed by atoms with Crippen molar-refractivity contribution in [1.29, 1.82) is 0 Å². The highest BCUT2D eigenvalue weighted by atomic mass is 19.1. The van der Waals surface area contributed by atoms with E-state index in [1.807, 2.05) is 0 Å². The fraction of sp³-hybridized carbons (Fsp3) is 0.556. The Morgan fingerprint density at radius 2 is 1.83 bits per heavy atom. The van der Waals surface area contributed by atoms with Gasteiger partial charge >= 0.3 is 0 Å². The number of nitrogens with one attached hydrogen (secondary N) is 1. The van der Waals surface area contributed by atoms with E-state index in [-0.39, 0.29) is 30.2 Å². The summed E-state index contributed by atoms with van der Waals surface area (Å²) in [5, 5.41) is 3.03. The summed E-state index contributed by atoms with van der Waals surface area (Å²) in [7, 11) is 0. The second-order valence-electron chi connectivity index (χ2n) is 6.22. The lowest BCUT2D eigenvalue weighted by molar-refractivity contribution is -0.134. The van der Waals surface area contributed by atoms with Gasteiger partial charge in [-0.05, 0) is 37.0 Å². The van der Waals surface area contributed by atoms with Crippen LogP contribution >= 0.6 is 0 Å². The van der Waals surface area contributed by atoms with E-state index in [1.165, 1.54) is 25.5 Å². The van der Waals surface area contributed by atoms with Crippen molar-refractivity contribution >= 4 is 11.8 Å². The molecule has 1 aromatic rings. The van der Waals surface area contributed by atoms with Gasteiger partial charge in [0.05, 0.1) is 6.54 Å². The van der Waals surface area contributed by atoms with E-state index in [0.717, 1.165) is 31.2 Å². The lowest BCUT2D eigenvalue weighted by Gasteiger charge is -2.25. The maximum Gasteiger partial charge on any atom is 0.239 e. The molecule has 0 radical (unpaired) electrons. The summed E-state index contributed by atoms with van der Waals surface area (Å²) < 4.78 is 12.9. The molecule has 0 unspecified atom stereocenters. The summed E-state index contributed by atoms with van der Waals surface area (Å²) in [4.78, 5) is 25.4. The first-order valence-corrected chi connectivity index (χ1v) is 8.34. The van der Waals surface area contributed by atoms with Crippen LogP contribution in [0.3, 0.4) is 0 Å². The molecule has 0 aliphatic heterocycles. The molecule has 0 spiro atoms. The van der Waals surface area contributed by atoms with Crippen molar-refractivity contribution in [2.24, 2.45) is 0 Å². The predicted molar refractivity (Wildman–Crippen MR) is 87.4 cm³/mol. The number of nitrogens with zero attached hydrogens (tertiary/aromatic N) is 1. The first-order chi connectivity index (χ1) is 11.0. The molecule has 4 nitrogen and oxygen atoms in total. The molecule has 0 aromatic heterocycles. The van der Waals surface area contributed by atoms with Gasteiger partial charge in [-0.2, -0.15) is 0 Å². The zero-order chi connectivity index (χ0) is 16.7. The van der Waals surface area contributed by atoms with Crippen molar-refractivity contribution in [2.75, 3.05) is 13.1 Å². The van der Waals surface area contributed by atoms with Crippen LogP contribution in [0.1, 0.15) is 44.6 Å². The second kappa shape index (κ2) is 8.65. The van der Waals surface area contributed by atoms with Gasteiger partial charge < -0.3 is 10.2 Å². The summed E-state index contributed by atoms with van der Waals surface area (Å²) >= 11 is 0. The number of carbonyl (C=O) groups excluding carboxylic acids is 2. The van der Waals surface area contributed by atoms with Crippen molar-refractivity contribution in [1.82, 2.24) is 10.2 Å². The van der Waals surface area contributed by atoms with E-state index >= 15 is 0 Å². The van der Waals surface area contributed by atoms with Crippen LogP contribution in [0.25, 0.3) is 0 Å². The highest BCUT2D eigenvalue weighted by molar-refractivity contribution is 5.83. The fourth-order valence-corrected chi connectivity index (χ4v) is 2.96. The normalized spacial score (nSPS) is 15.2. The molecule has 0 bridgehead atoms.